The van der Waals surface area contributed by atoms with Crippen LogP contribution in [0.1, 0.15) is 13.3 Å². The number of rotatable bonds is 3. The van der Waals surface area contributed by atoms with Gasteiger partial charge in [0, 0.05) is 0 Å². The van der Waals surface area contributed by atoms with Gasteiger partial charge in [0.05, 0.1) is 19.5 Å². The summed E-state index contributed by atoms with van der Waals surface area (Å²) in [4.78, 5) is 0. The van der Waals surface area contributed by atoms with Crippen LogP contribution >= 0.6 is 0 Å². The van der Waals surface area contributed by atoms with Gasteiger partial charge in [-0.3, -0.25) is 0 Å². The minimum atomic E-state index is -0.0260. The summed E-state index contributed by atoms with van der Waals surface area (Å²) in [5, 5.41) is 0. The van der Waals surface area contributed by atoms with Crippen molar-refractivity contribution in [2.24, 2.45) is 0 Å². The summed E-state index contributed by atoms with van der Waals surface area (Å²) >= 11 is 0. The molecule has 0 saturated carbocycles. The van der Waals surface area contributed by atoms with Crippen molar-refractivity contribution in [3.05, 3.63) is 12.8 Å². The fraction of sp³-hybridized carbons (Fsp3) is 0.714. The third kappa shape index (κ3) is 1.08. The quantitative estimate of drug-likeness (QED) is 0.534. The zero-order chi connectivity index (χ0) is 6.74. The third-order valence-corrected chi connectivity index (χ3v) is 1.71. The van der Waals surface area contributed by atoms with Crippen LogP contribution in [0.2, 0.25) is 0 Å². The largest absolute Gasteiger partial charge is 0.491 e. The summed E-state index contributed by atoms with van der Waals surface area (Å²) in [6.07, 6.45) is 2.49. The van der Waals surface area contributed by atoms with Gasteiger partial charge in [-0.25, -0.2) is 0 Å². The van der Waals surface area contributed by atoms with E-state index in [2.05, 4.69) is 13.5 Å². The maximum atomic E-state index is 5.25. The zero-order valence-corrected chi connectivity index (χ0v) is 5.72. The van der Waals surface area contributed by atoms with Gasteiger partial charge in [0.15, 0.2) is 5.60 Å². The second-order valence-electron chi connectivity index (χ2n) is 2.31. The normalized spacial score (nSPS) is 22.3. The third-order valence-electron chi connectivity index (χ3n) is 1.71. The molecule has 1 rings (SSSR count). The highest BCUT2D eigenvalue weighted by Crippen LogP contribution is 2.25. The molecule has 0 amide bonds. The molecule has 1 aliphatic heterocycles. The first-order valence-electron chi connectivity index (χ1n) is 3.19. The van der Waals surface area contributed by atoms with E-state index < -0.39 is 0 Å². The lowest BCUT2D eigenvalue weighted by Crippen LogP contribution is -2.50. The summed E-state index contributed by atoms with van der Waals surface area (Å²) in [6, 6.07) is 0. The highest BCUT2D eigenvalue weighted by Gasteiger charge is 2.37. The highest BCUT2D eigenvalue weighted by atomic mass is 16.6. The Balaban J connectivity index is 2.36. The fourth-order valence-corrected chi connectivity index (χ4v) is 0.862. The van der Waals surface area contributed by atoms with Crippen LogP contribution in [0.5, 0.6) is 0 Å². The first-order valence-corrected chi connectivity index (χ1v) is 3.19. The molecule has 0 aromatic carbocycles. The number of ether oxygens (including phenoxy) is 2. The van der Waals surface area contributed by atoms with Crippen LogP contribution in [-0.4, -0.2) is 18.8 Å². The maximum Gasteiger partial charge on any atom is 0.154 e. The molecule has 0 N–H and O–H groups in total. The second-order valence-corrected chi connectivity index (χ2v) is 2.31. The lowest BCUT2D eigenvalue weighted by atomic mass is 9.99. The number of hydrogen-bond acceptors (Lipinski definition) is 2. The van der Waals surface area contributed by atoms with Crippen molar-refractivity contribution in [1.82, 2.24) is 0 Å². The summed E-state index contributed by atoms with van der Waals surface area (Å²) < 4.78 is 10.3. The second kappa shape index (κ2) is 2.40. The Morgan fingerprint density at radius 2 is 2.44 bits per heavy atom. The Morgan fingerprint density at radius 3 is 2.56 bits per heavy atom. The van der Waals surface area contributed by atoms with Gasteiger partial charge in [0.25, 0.3) is 0 Å². The molecule has 0 radical (unpaired) electrons. The molecule has 9 heavy (non-hydrogen) atoms. The Morgan fingerprint density at radius 1 is 1.78 bits per heavy atom. The lowest BCUT2D eigenvalue weighted by molar-refractivity contribution is -0.183. The van der Waals surface area contributed by atoms with E-state index in [9.17, 15) is 0 Å². The van der Waals surface area contributed by atoms with Gasteiger partial charge in [0.1, 0.15) is 0 Å². The topological polar surface area (TPSA) is 18.5 Å². The van der Waals surface area contributed by atoms with Gasteiger partial charge in [-0.05, 0) is 6.42 Å². The van der Waals surface area contributed by atoms with Crippen LogP contribution in [0.3, 0.4) is 0 Å². The van der Waals surface area contributed by atoms with Gasteiger partial charge in [-0.15, -0.1) is 0 Å². The van der Waals surface area contributed by atoms with E-state index in [4.69, 9.17) is 9.47 Å². The Bertz CT molecular complexity index is 100.0. The molecule has 1 fully saturated rings. The maximum absolute atomic E-state index is 5.25. The van der Waals surface area contributed by atoms with Crippen LogP contribution in [0.15, 0.2) is 12.8 Å². The van der Waals surface area contributed by atoms with Crippen molar-refractivity contribution in [3.63, 3.8) is 0 Å². The van der Waals surface area contributed by atoms with E-state index >= 15 is 0 Å². The summed E-state index contributed by atoms with van der Waals surface area (Å²) in [5.74, 6) is 0. The molecule has 0 unspecified atom stereocenters. The van der Waals surface area contributed by atoms with Crippen LogP contribution in [0, 0.1) is 0 Å². The Kier molecular flexibility index (Phi) is 1.76. The molecular weight excluding hydrogens is 116 g/mol. The minimum Gasteiger partial charge on any atom is -0.491 e. The summed E-state index contributed by atoms with van der Waals surface area (Å²) in [6.45, 7) is 7.02. The van der Waals surface area contributed by atoms with Crippen molar-refractivity contribution in [3.8, 4) is 0 Å². The molecular formula is C7H12O2. The zero-order valence-electron chi connectivity index (χ0n) is 5.72. The van der Waals surface area contributed by atoms with Gasteiger partial charge in [-0.2, -0.15) is 0 Å². The van der Waals surface area contributed by atoms with E-state index in [0.717, 1.165) is 19.6 Å². The van der Waals surface area contributed by atoms with Gasteiger partial charge < -0.3 is 9.47 Å². The average Bonchev–Trinajstić information content (AvgIpc) is 1.79. The molecule has 0 aromatic heterocycles. The Labute approximate surface area is 55.5 Å². The highest BCUT2D eigenvalue weighted by molar-refractivity contribution is 4.87. The van der Waals surface area contributed by atoms with Crippen LogP contribution < -0.4 is 0 Å². The molecule has 0 spiro atoms. The van der Waals surface area contributed by atoms with Crippen LogP contribution in [0.4, 0.5) is 0 Å². The van der Waals surface area contributed by atoms with Crippen molar-refractivity contribution in [2.45, 2.75) is 18.9 Å². The first-order chi connectivity index (χ1) is 4.33. The van der Waals surface area contributed by atoms with Crippen molar-refractivity contribution in [2.75, 3.05) is 13.2 Å². The summed E-state index contributed by atoms with van der Waals surface area (Å²) in [7, 11) is 0. The fourth-order valence-electron chi connectivity index (χ4n) is 0.862. The van der Waals surface area contributed by atoms with Gasteiger partial charge in [-0.1, -0.05) is 13.5 Å². The molecule has 2 nitrogen and oxygen atoms in total. The minimum absolute atomic E-state index is 0.0260. The SMILES string of the molecule is C=COC1(CC)COC1. The van der Waals surface area contributed by atoms with E-state index in [1.54, 1.807) is 0 Å². The first kappa shape index (κ1) is 6.62. The van der Waals surface area contributed by atoms with E-state index in [0.29, 0.717) is 0 Å². The molecule has 1 saturated heterocycles. The monoisotopic (exact) mass is 128 g/mol. The van der Waals surface area contributed by atoms with Crippen molar-refractivity contribution in [1.29, 1.82) is 0 Å². The van der Waals surface area contributed by atoms with Crippen molar-refractivity contribution >= 4 is 0 Å². The van der Waals surface area contributed by atoms with Gasteiger partial charge in [0.2, 0.25) is 0 Å². The molecule has 1 aliphatic rings. The predicted molar refractivity (Wildman–Crippen MR) is 35.1 cm³/mol. The molecule has 0 aliphatic carbocycles. The molecule has 0 bridgehead atoms. The average molecular weight is 128 g/mol. The van der Waals surface area contributed by atoms with E-state index in [-0.39, 0.29) is 5.60 Å². The van der Waals surface area contributed by atoms with Crippen LogP contribution in [-0.2, 0) is 9.47 Å². The molecule has 0 aromatic rings. The summed E-state index contributed by atoms with van der Waals surface area (Å²) in [5.41, 5.74) is -0.0260. The molecule has 2 heteroatoms. The van der Waals surface area contributed by atoms with Crippen molar-refractivity contribution < 1.29 is 9.47 Å². The van der Waals surface area contributed by atoms with E-state index in [1.165, 1.54) is 6.26 Å². The van der Waals surface area contributed by atoms with Gasteiger partial charge >= 0.3 is 0 Å². The number of hydrogen-bond donors (Lipinski definition) is 0. The molecule has 52 valence electrons. The predicted octanol–water partition coefficient (Wildman–Crippen LogP) is 1.33. The Hall–Kier alpha value is -0.500. The molecule has 0 atom stereocenters. The smallest absolute Gasteiger partial charge is 0.154 e. The molecule has 1 heterocycles. The van der Waals surface area contributed by atoms with E-state index in [1.807, 2.05) is 0 Å². The van der Waals surface area contributed by atoms with Crippen LogP contribution in [0.25, 0.3) is 0 Å². The standard InChI is InChI=1S/C7H12O2/c1-3-7(9-4-2)5-8-6-7/h4H,2-3,5-6H2,1H3. The lowest BCUT2D eigenvalue weighted by Gasteiger charge is -2.39.